The number of methoxy groups -OCH3 is 1. The number of ether oxygens (including phenoxy) is 1. The maximum absolute atomic E-state index is 8.32. The van der Waals surface area contributed by atoms with Gasteiger partial charge in [-0.05, 0) is 30.9 Å². The van der Waals surface area contributed by atoms with Crippen molar-refractivity contribution in [3.05, 3.63) is 23.3 Å². The first kappa shape index (κ1) is 9.99. The first-order valence-electron chi connectivity index (χ1n) is 4.37. The molecule has 0 amide bonds. The van der Waals surface area contributed by atoms with Crippen molar-refractivity contribution in [1.82, 2.24) is 0 Å². The maximum atomic E-state index is 8.32. The zero-order chi connectivity index (χ0) is 9.68. The lowest BCUT2D eigenvalue weighted by Gasteiger charge is -2.17. The standard InChI is InChI=1S/C10H15NO2/c1-8(13-2)10-5-3-9(4-6-10)7-11-12/h3,5,7-8,12H,4,6H2,1-2H3/b11-7+. The summed E-state index contributed by atoms with van der Waals surface area (Å²) in [6, 6.07) is 0. The summed E-state index contributed by atoms with van der Waals surface area (Å²) in [5.41, 5.74) is 2.34. The van der Waals surface area contributed by atoms with E-state index in [0.717, 1.165) is 18.4 Å². The van der Waals surface area contributed by atoms with Crippen molar-refractivity contribution in [3.8, 4) is 0 Å². The Bertz CT molecular complexity index is 254. The van der Waals surface area contributed by atoms with Crippen LogP contribution in [0.1, 0.15) is 19.8 Å². The Balaban J connectivity index is 2.64. The minimum atomic E-state index is 0.184. The van der Waals surface area contributed by atoms with Gasteiger partial charge in [-0.2, -0.15) is 0 Å². The Labute approximate surface area is 78.4 Å². The molecule has 0 saturated heterocycles. The summed E-state index contributed by atoms with van der Waals surface area (Å²) in [4.78, 5) is 0. The van der Waals surface area contributed by atoms with Gasteiger partial charge in [0.15, 0.2) is 0 Å². The molecule has 13 heavy (non-hydrogen) atoms. The molecule has 1 N–H and O–H groups in total. The van der Waals surface area contributed by atoms with Crippen molar-refractivity contribution in [3.63, 3.8) is 0 Å². The molecule has 1 unspecified atom stereocenters. The fourth-order valence-corrected chi connectivity index (χ4v) is 1.34. The quantitative estimate of drug-likeness (QED) is 0.411. The Hall–Kier alpha value is -1.09. The van der Waals surface area contributed by atoms with Crippen LogP contribution in [0.3, 0.4) is 0 Å². The lowest BCUT2D eigenvalue weighted by Crippen LogP contribution is -2.10. The summed E-state index contributed by atoms with van der Waals surface area (Å²) >= 11 is 0. The summed E-state index contributed by atoms with van der Waals surface area (Å²) in [5.74, 6) is 0. The third-order valence-corrected chi connectivity index (χ3v) is 2.31. The fraction of sp³-hybridized carbons (Fsp3) is 0.500. The number of oxime groups is 1. The molecule has 0 heterocycles. The smallest absolute Gasteiger partial charge is 0.0756 e. The van der Waals surface area contributed by atoms with E-state index in [-0.39, 0.29) is 6.10 Å². The van der Waals surface area contributed by atoms with Crippen LogP contribution < -0.4 is 0 Å². The first-order chi connectivity index (χ1) is 6.27. The molecule has 1 rings (SSSR count). The highest BCUT2D eigenvalue weighted by atomic mass is 16.5. The average Bonchev–Trinajstić information content (AvgIpc) is 2.18. The third kappa shape index (κ3) is 2.70. The highest BCUT2D eigenvalue weighted by Crippen LogP contribution is 2.20. The molecule has 0 radical (unpaired) electrons. The molecule has 1 atom stereocenters. The van der Waals surface area contributed by atoms with Gasteiger partial charge in [0.25, 0.3) is 0 Å². The van der Waals surface area contributed by atoms with Gasteiger partial charge in [0, 0.05) is 7.11 Å². The molecule has 0 aromatic heterocycles. The molecule has 0 aromatic rings. The lowest BCUT2D eigenvalue weighted by atomic mass is 9.96. The molecule has 72 valence electrons. The van der Waals surface area contributed by atoms with Crippen molar-refractivity contribution in [2.24, 2.45) is 5.16 Å². The van der Waals surface area contributed by atoms with Gasteiger partial charge in [-0.1, -0.05) is 17.3 Å². The third-order valence-electron chi connectivity index (χ3n) is 2.31. The Morgan fingerprint density at radius 2 is 2.31 bits per heavy atom. The van der Waals surface area contributed by atoms with Crippen LogP contribution in [0.5, 0.6) is 0 Å². The van der Waals surface area contributed by atoms with Crippen LogP contribution in [0.25, 0.3) is 0 Å². The largest absolute Gasteiger partial charge is 0.411 e. The summed E-state index contributed by atoms with van der Waals surface area (Å²) in [6.07, 6.45) is 7.56. The van der Waals surface area contributed by atoms with Crippen LogP contribution >= 0.6 is 0 Å². The molecule has 0 aromatic carbocycles. The van der Waals surface area contributed by atoms with E-state index < -0.39 is 0 Å². The predicted molar refractivity (Wildman–Crippen MR) is 52.1 cm³/mol. The van der Waals surface area contributed by atoms with Crippen LogP contribution in [-0.4, -0.2) is 24.6 Å². The monoisotopic (exact) mass is 181 g/mol. The van der Waals surface area contributed by atoms with E-state index in [4.69, 9.17) is 9.94 Å². The summed E-state index contributed by atoms with van der Waals surface area (Å²) < 4.78 is 5.20. The van der Waals surface area contributed by atoms with E-state index >= 15 is 0 Å². The van der Waals surface area contributed by atoms with Gasteiger partial charge >= 0.3 is 0 Å². The second kappa shape index (κ2) is 4.82. The van der Waals surface area contributed by atoms with Crippen molar-refractivity contribution in [2.75, 3.05) is 7.11 Å². The van der Waals surface area contributed by atoms with E-state index in [1.807, 2.05) is 19.1 Å². The predicted octanol–water partition coefficient (Wildman–Crippen LogP) is 2.13. The lowest BCUT2D eigenvalue weighted by molar-refractivity contribution is 0.144. The Morgan fingerprint density at radius 1 is 1.54 bits per heavy atom. The Morgan fingerprint density at radius 3 is 2.77 bits per heavy atom. The van der Waals surface area contributed by atoms with Crippen molar-refractivity contribution >= 4 is 6.21 Å². The van der Waals surface area contributed by atoms with E-state index in [1.165, 1.54) is 11.8 Å². The molecule has 1 aliphatic rings. The van der Waals surface area contributed by atoms with Gasteiger partial charge in [-0.15, -0.1) is 0 Å². The van der Waals surface area contributed by atoms with Gasteiger partial charge in [-0.3, -0.25) is 0 Å². The highest BCUT2D eigenvalue weighted by Gasteiger charge is 2.10. The summed E-state index contributed by atoms with van der Waals surface area (Å²) in [7, 11) is 1.71. The summed E-state index contributed by atoms with van der Waals surface area (Å²) in [5, 5.41) is 11.3. The topological polar surface area (TPSA) is 41.8 Å². The van der Waals surface area contributed by atoms with Crippen LogP contribution in [0.4, 0.5) is 0 Å². The zero-order valence-corrected chi connectivity index (χ0v) is 8.03. The van der Waals surface area contributed by atoms with E-state index in [1.54, 1.807) is 7.11 Å². The molecule has 1 aliphatic carbocycles. The van der Waals surface area contributed by atoms with E-state index in [2.05, 4.69) is 5.16 Å². The van der Waals surface area contributed by atoms with E-state index in [0.29, 0.717) is 0 Å². The second-order valence-electron chi connectivity index (χ2n) is 3.11. The summed E-state index contributed by atoms with van der Waals surface area (Å²) in [6.45, 7) is 2.03. The molecular formula is C10H15NO2. The molecular weight excluding hydrogens is 166 g/mol. The minimum absolute atomic E-state index is 0.184. The average molecular weight is 181 g/mol. The number of rotatable bonds is 3. The van der Waals surface area contributed by atoms with Gasteiger partial charge in [0.2, 0.25) is 0 Å². The normalized spacial score (nSPS) is 19.8. The zero-order valence-electron chi connectivity index (χ0n) is 8.03. The molecule has 0 fully saturated rings. The van der Waals surface area contributed by atoms with Crippen molar-refractivity contribution in [1.29, 1.82) is 0 Å². The minimum Gasteiger partial charge on any atom is -0.411 e. The molecule has 0 aliphatic heterocycles. The second-order valence-corrected chi connectivity index (χ2v) is 3.11. The van der Waals surface area contributed by atoms with Gasteiger partial charge in [-0.25, -0.2) is 0 Å². The van der Waals surface area contributed by atoms with Crippen LogP contribution in [0, 0.1) is 0 Å². The number of hydrogen-bond donors (Lipinski definition) is 1. The van der Waals surface area contributed by atoms with E-state index in [9.17, 15) is 0 Å². The Kier molecular flexibility index (Phi) is 3.71. The van der Waals surface area contributed by atoms with Crippen LogP contribution in [0.15, 0.2) is 28.5 Å². The van der Waals surface area contributed by atoms with Crippen LogP contribution in [-0.2, 0) is 4.74 Å². The molecule has 3 nitrogen and oxygen atoms in total. The number of hydrogen-bond acceptors (Lipinski definition) is 3. The molecule has 3 heteroatoms. The van der Waals surface area contributed by atoms with Crippen molar-refractivity contribution < 1.29 is 9.94 Å². The highest BCUT2D eigenvalue weighted by molar-refractivity contribution is 5.78. The van der Waals surface area contributed by atoms with Crippen molar-refractivity contribution in [2.45, 2.75) is 25.9 Å². The SMILES string of the molecule is COC(C)C1=CC=C(/C=N/O)CC1. The fourth-order valence-electron chi connectivity index (χ4n) is 1.34. The molecule has 0 saturated carbocycles. The maximum Gasteiger partial charge on any atom is 0.0756 e. The van der Waals surface area contributed by atoms with Crippen LogP contribution in [0.2, 0.25) is 0 Å². The number of allylic oxidation sites excluding steroid dienone is 3. The van der Waals surface area contributed by atoms with Gasteiger partial charge in [0.1, 0.15) is 0 Å². The van der Waals surface area contributed by atoms with Gasteiger partial charge < -0.3 is 9.94 Å². The molecule has 0 bridgehead atoms. The molecule has 0 spiro atoms. The first-order valence-corrected chi connectivity index (χ1v) is 4.37. The number of nitrogens with zero attached hydrogens (tertiary/aromatic N) is 1. The van der Waals surface area contributed by atoms with Gasteiger partial charge in [0.05, 0.1) is 12.3 Å².